The zero-order valence-corrected chi connectivity index (χ0v) is 11.8. The number of ether oxygens (including phenoxy) is 1. The van der Waals surface area contributed by atoms with E-state index >= 15 is 0 Å². The summed E-state index contributed by atoms with van der Waals surface area (Å²) in [6.07, 6.45) is 0.399. The normalized spacial score (nSPS) is 10.3. The Bertz CT molecular complexity index is 241. The summed E-state index contributed by atoms with van der Waals surface area (Å²) in [6, 6.07) is 0. The summed E-state index contributed by atoms with van der Waals surface area (Å²) < 4.78 is 33.2. The van der Waals surface area contributed by atoms with Gasteiger partial charge in [-0.15, -0.1) is 0 Å². The predicted molar refractivity (Wildman–Crippen MR) is 43.4 cm³/mol. The van der Waals surface area contributed by atoms with Gasteiger partial charge in [-0.2, -0.15) is 8.42 Å². The van der Waals surface area contributed by atoms with Gasteiger partial charge >= 0.3 is 57.4 Å². The van der Waals surface area contributed by atoms with Crippen molar-refractivity contribution in [2.24, 2.45) is 0 Å². The molecule has 74 valence electrons. The molecule has 0 unspecified atom stereocenters. The van der Waals surface area contributed by atoms with Crippen molar-refractivity contribution in [1.82, 2.24) is 0 Å². The molecule has 0 rings (SSSR count). The summed E-state index contributed by atoms with van der Waals surface area (Å²) in [5.74, 6) is -0.741. The van der Waals surface area contributed by atoms with Gasteiger partial charge in [0.2, 0.25) is 0 Å². The van der Waals surface area contributed by atoms with E-state index in [9.17, 15) is 13.2 Å². The van der Waals surface area contributed by atoms with Gasteiger partial charge in [-0.05, 0) is 6.42 Å². The van der Waals surface area contributed by atoms with Gasteiger partial charge in [0.1, 0.15) is 0 Å². The van der Waals surface area contributed by atoms with E-state index in [0.717, 1.165) is 0 Å². The molecule has 0 radical (unpaired) electrons. The maximum absolute atomic E-state index is 10.5. The fraction of sp³-hybridized carbons (Fsp3) is 0.833. The molecule has 0 heterocycles. The van der Waals surface area contributed by atoms with Crippen LogP contribution in [-0.2, 0) is 19.6 Å². The molecule has 7 heteroatoms. The van der Waals surface area contributed by atoms with Crippen LogP contribution in [0.25, 0.3) is 0 Å². The van der Waals surface area contributed by atoms with Crippen LogP contribution in [0, 0.1) is 0 Å². The van der Waals surface area contributed by atoms with E-state index < -0.39 is 10.1 Å². The number of hydrogen-bond donors (Lipinski definition) is 1. The minimum Gasteiger partial charge on any atom is -1.00 e. The minimum absolute atomic E-state index is 0. The van der Waals surface area contributed by atoms with Gasteiger partial charge in [0.25, 0.3) is 10.1 Å². The third-order valence-electron chi connectivity index (χ3n) is 1.10. The average Bonchev–Trinajstić information content (AvgIpc) is 1.96. The second-order valence-electron chi connectivity index (χ2n) is 2.21. The van der Waals surface area contributed by atoms with Gasteiger partial charge in [0, 0.05) is 6.42 Å². The smallest absolute Gasteiger partial charge is 1.00 e. The third-order valence-corrected chi connectivity index (χ3v) is 1.90. The largest absolute Gasteiger partial charge is 1.00 e. The minimum atomic E-state index is -3.92. The van der Waals surface area contributed by atoms with Gasteiger partial charge in [0.15, 0.2) is 0 Å². The van der Waals surface area contributed by atoms with Crippen LogP contribution < -0.4 is 51.4 Å². The Morgan fingerprint density at radius 3 is 2.46 bits per heavy atom. The SMILES string of the molecule is CCC(=O)OCCCS(=O)(=O)O.[H-].[K+]. The first kappa shape index (κ1) is 16.4. The molecular weight excluding hydrogens is 223 g/mol. The fourth-order valence-corrected chi connectivity index (χ4v) is 1.01. The summed E-state index contributed by atoms with van der Waals surface area (Å²) in [6.45, 7) is 1.68. The topological polar surface area (TPSA) is 80.7 Å². The standard InChI is InChI=1S/C6H12O5S.K.H/c1-2-6(7)11-4-3-5-12(8,9)10;;/h2-5H2,1H3,(H,8,9,10);;/q;+1;-1. The first-order chi connectivity index (χ1) is 5.45. The molecule has 0 aliphatic rings. The molecule has 0 bridgehead atoms. The maximum Gasteiger partial charge on any atom is 1.00 e. The molecule has 0 atom stereocenters. The molecule has 0 saturated carbocycles. The molecule has 0 aliphatic carbocycles. The average molecular weight is 236 g/mol. The van der Waals surface area contributed by atoms with E-state index in [-0.39, 0.29) is 84.0 Å². The maximum atomic E-state index is 10.5. The van der Waals surface area contributed by atoms with Crippen molar-refractivity contribution < 1.29 is 75.3 Å². The monoisotopic (exact) mass is 236 g/mol. The van der Waals surface area contributed by atoms with Crippen LogP contribution in [0.1, 0.15) is 21.2 Å². The van der Waals surface area contributed by atoms with Crippen molar-refractivity contribution in [3.05, 3.63) is 0 Å². The van der Waals surface area contributed by atoms with Crippen molar-refractivity contribution in [1.29, 1.82) is 0 Å². The number of carbonyl (C=O) groups excluding carboxylic acids is 1. The van der Waals surface area contributed by atoms with Crippen LogP contribution in [0.5, 0.6) is 0 Å². The van der Waals surface area contributed by atoms with Crippen molar-refractivity contribution >= 4 is 16.1 Å². The molecule has 0 aromatic heterocycles. The Morgan fingerprint density at radius 1 is 1.54 bits per heavy atom. The van der Waals surface area contributed by atoms with Crippen molar-refractivity contribution in [2.45, 2.75) is 19.8 Å². The van der Waals surface area contributed by atoms with Crippen LogP contribution in [0.4, 0.5) is 0 Å². The third kappa shape index (κ3) is 13.0. The Kier molecular flexibility index (Phi) is 10.5. The van der Waals surface area contributed by atoms with E-state index in [2.05, 4.69) is 4.74 Å². The Hall–Kier alpha value is 1.02. The van der Waals surface area contributed by atoms with Crippen LogP contribution in [0.15, 0.2) is 0 Å². The number of esters is 1. The molecule has 0 aromatic carbocycles. The second kappa shape index (κ2) is 8.34. The molecule has 1 N–H and O–H groups in total. The molecule has 0 spiro atoms. The van der Waals surface area contributed by atoms with Crippen LogP contribution >= 0.6 is 0 Å². The molecule has 0 saturated heterocycles. The number of rotatable bonds is 5. The summed E-state index contributed by atoms with van der Waals surface area (Å²) >= 11 is 0. The quantitative estimate of drug-likeness (QED) is 0.244. The zero-order valence-electron chi connectivity index (χ0n) is 8.82. The summed E-state index contributed by atoms with van der Waals surface area (Å²) in [7, 11) is -3.92. The first-order valence-corrected chi connectivity index (χ1v) is 5.17. The van der Waals surface area contributed by atoms with Gasteiger partial charge < -0.3 is 6.16 Å². The molecule has 0 amide bonds. The molecule has 0 fully saturated rings. The van der Waals surface area contributed by atoms with Crippen LogP contribution in [0.3, 0.4) is 0 Å². The number of carbonyl (C=O) groups is 1. The van der Waals surface area contributed by atoms with Crippen LogP contribution in [0.2, 0.25) is 0 Å². The Labute approximate surface area is 122 Å². The summed E-state index contributed by atoms with van der Waals surface area (Å²) in [5, 5.41) is 0. The fourth-order valence-electron chi connectivity index (χ4n) is 0.529. The van der Waals surface area contributed by atoms with E-state index in [1.807, 2.05) is 0 Å². The predicted octanol–water partition coefficient (Wildman–Crippen LogP) is -2.67. The molecular formula is C6H13KO5S. The van der Waals surface area contributed by atoms with E-state index in [0.29, 0.717) is 0 Å². The van der Waals surface area contributed by atoms with Crippen molar-refractivity contribution in [2.75, 3.05) is 12.4 Å². The van der Waals surface area contributed by atoms with Gasteiger partial charge in [0.05, 0.1) is 12.4 Å². The van der Waals surface area contributed by atoms with E-state index in [4.69, 9.17) is 4.55 Å². The van der Waals surface area contributed by atoms with E-state index in [1.165, 1.54) is 0 Å². The first-order valence-electron chi connectivity index (χ1n) is 3.56. The molecule has 0 aliphatic heterocycles. The van der Waals surface area contributed by atoms with Gasteiger partial charge in [-0.3, -0.25) is 9.35 Å². The van der Waals surface area contributed by atoms with E-state index in [1.54, 1.807) is 6.92 Å². The summed E-state index contributed by atoms with van der Waals surface area (Å²) in [4.78, 5) is 10.5. The van der Waals surface area contributed by atoms with Crippen molar-refractivity contribution in [3.8, 4) is 0 Å². The Morgan fingerprint density at radius 2 is 2.08 bits per heavy atom. The Balaban J connectivity index is -0.000000605. The van der Waals surface area contributed by atoms with Crippen molar-refractivity contribution in [3.63, 3.8) is 0 Å². The molecule has 5 nitrogen and oxygen atoms in total. The van der Waals surface area contributed by atoms with Gasteiger partial charge in [-0.1, -0.05) is 6.92 Å². The van der Waals surface area contributed by atoms with Gasteiger partial charge in [-0.25, -0.2) is 0 Å². The zero-order chi connectivity index (χ0) is 9.61. The molecule has 0 aromatic rings. The van der Waals surface area contributed by atoms with Crippen LogP contribution in [-0.4, -0.2) is 31.3 Å². The second-order valence-corrected chi connectivity index (χ2v) is 3.79. The molecule has 13 heavy (non-hydrogen) atoms. The number of hydrogen-bond acceptors (Lipinski definition) is 4. The summed E-state index contributed by atoms with van der Waals surface area (Å²) in [5.41, 5.74) is 0.